The van der Waals surface area contributed by atoms with Crippen LogP contribution in [-0.4, -0.2) is 4.98 Å². The number of aryl methyl sites for hydroxylation is 2. The molecule has 0 aliphatic heterocycles. The molecular formula is C15H17ClN2O. The van der Waals surface area contributed by atoms with Crippen LogP contribution in [0.3, 0.4) is 0 Å². The second kappa shape index (κ2) is 6.04. The summed E-state index contributed by atoms with van der Waals surface area (Å²) in [7, 11) is 0. The smallest absolute Gasteiger partial charge is 0.150 e. The van der Waals surface area contributed by atoms with Crippen LogP contribution in [0.2, 0.25) is 5.02 Å². The largest absolute Gasteiger partial charge is 0.454 e. The molecule has 1 aromatic carbocycles. The molecule has 2 aromatic rings. The van der Waals surface area contributed by atoms with E-state index in [0.717, 1.165) is 29.1 Å². The van der Waals surface area contributed by atoms with Crippen LogP contribution in [0.25, 0.3) is 0 Å². The Kier molecular flexibility index (Phi) is 4.40. The van der Waals surface area contributed by atoms with Crippen molar-refractivity contribution in [3.63, 3.8) is 0 Å². The fourth-order valence-electron chi connectivity index (χ4n) is 1.88. The molecule has 0 aliphatic rings. The molecule has 1 aromatic heterocycles. The summed E-state index contributed by atoms with van der Waals surface area (Å²) < 4.78 is 5.93. The summed E-state index contributed by atoms with van der Waals surface area (Å²) in [4.78, 5) is 4.47. The predicted octanol–water partition coefficient (Wildman–Crippen LogP) is 3.86. The van der Waals surface area contributed by atoms with Crippen LogP contribution >= 0.6 is 11.6 Å². The maximum absolute atomic E-state index is 6.18. The number of nitrogens with two attached hydrogens (primary N) is 1. The van der Waals surface area contributed by atoms with E-state index >= 15 is 0 Å². The zero-order valence-electron chi connectivity index (χ0n) is 11.1. The van der Waals surface area contributed by atoms with E-state index in [1.54, 1.807) is 6.07 Å². The number of benzene rings is 1. The lowest BCUT2D eigenvalue weighted by atomic mass is 10.2. The zero-order chi connectivity index (χ0) is 13.8. The van der Waals surface area contributed by atoms with Gasteiger partial charge in [-0.25, -0.2) is 0 Å². The third-order valence-corrected chi connectivity index (χ3v) is 3.18. The molecular weight excluding hydrogens is 260 g/mol. The monoisotopic (exact) mass is 276 g/mol. The van der Waals surface area contributed by atoms with Gasteiger partial charge in [-0.2, -0.15) is 0 Å². The number of ether oxygens (including phenoxy) is 1. The van der Waals surface area contributed by atoms with E-state index < -0.39 is 0 Å². The summed E-state index contributed by atoms with van der Waals surface area (Å²) in [5, 5.41) is 0.561. The third-order valence-electron chi connectivity index (χ3n) is 2.89. The predicted molar refractivity (Wildman–Crippen MR) is 77.8 cm³/mol. The van der Waals surface area contributed by atoms with Crippen molar-refractivity contribution >= 4 is 11.6 Å². The van der Waals surface area contributed by atoms with E-state index in [4.69, 9.17) is 22.1 Å². The molecule has 0 radical (unpaired) electrons. The number of nitrogens with zero attached hydrogens (tertiary/aromatic N) is 1. The topological polar surface area (TPSA) is 48.1 Å². The Morgan fingerprint density at radius 3 is 2.74 bits per heavy atom. The fourth-order valence-corrected chi connectivity index (χ4v) is 2.12. The maximum Gasteiger partial charge on any atom is 0.150 e. The Bertz CT molecular complexity index is 584. The fraction of sp³-hybridized carbons (Fsp3) is 0.267. The molecule has 2 N–H and O–H groups in total. The van der Waals surface area contributed by atoms with E-state index in [0.29, 0.717) is 17.3 Å². The van der Waals surface area contributed by atoms with Gasteiger partial charge in [0.2, 0.25) is 0 Å². The number of rotatable bonds is 4. The van der Waals surface area contributed by atoms with Crippen molar-refractivity contribution in [1.29, 1.82) is 0 Å². The van der Waals surface area contributed by atoms with Crippen LogP contribution in [0.4, 0.5) is 0 Å². The van der Waals surface area contributed by atoms with Crippen LogP contribution in [0.1, 0.15) is 23.9 Å². The molecule has 0 unspecified atom stereocenters. The first-order valence-electron chi connectivity index (χ1n) is 6.27. The van der Waals surface area contributed by atoms with Gasteiger partial charge in [0.05, 0.1) is 10.7 Å². The van der Waals surface area contributed by atoms with Crippen LogP contribution in [0.5, 0.6) is 11.5 Å². The first kappa shape index (κ1) is 13.8. The zero-order valence-corrected chi connectivity index (χ0v) is 11.9. The van der Waals surface area contributed by atoms with Crippen molar-refractivity contribution in [2.75, 3.05) is 0 Å². The van der Waals surface area contributed by atoms with E-state index in [9.17, 15) is 0 Å². The highest BCUT2D eigenvalue weighted by molar-refractivity contribution is 6.32. The van der Waals surface area contributed by atoms with Crippen molar-refractivity contribution in [3.05, 3.63) is 52.3 Å². The molecule has 2 rings (SSSR count). The lowest BCUT2D eigenvalue weighted by molar-refractivity contribution is 0.467. The van der Waals surface area contributed by atoms with Gasteiger partial charge < -0.3 is 10.5 Å². The summed E-state index contributed by atoms with van der Waals surface area (Å²) in [5.74, 6) is 1.35. The SMILES string of the molecule is CCc1nc(C)ccc1Oc1c(Cl)cccc1CN. The van der Waals surface area contributed by atoms with Crippen molar-refractivity contribution < 1.29 is 4.74 Å². The second-order valence-electron chi connectivity index (χ2n) is 4.29. The minimum absolute atomic E-state index is 0.386. The van der Waals surface area contributed by atoms with Gasteiger partial charge in [-0.15, -0.1) is 0 Å². The minimum atomic E-state index is 0.386. The average molecular weight is 277 g/mol. The number of hydrogen-bond acceptors (Lipinski definition) is 3. The molecule has 1 heterocycles. The minimum Gasteiger partial charge on any atom is -0.454 e. The van der Waals surface area contributed by atoms with E-state index in [-0.39, 0.29) is 0 Å². The highest BCUT2D eigenvalue weighted by Crippen LogP contribution is 2.34. The van der Waals surface area contributed by atoms with Crippen LogP contribution in [0, 0.1) is 6.92 Å². The van der Waals surface area contributed by atoms with E-state index in [1.807, 2.05) is 38.1 Å². The van der Waals surface area contributed by atoms with Crippen LogP contribution < -0.4 is 10.5 Å². The van der Waals surface area contributed by atoms with E-state index in [2.05, 4.69) is 4.98 Å². The first-order chi connectivity index (χ1) is 9.15. The van der Waals surface area contributed by atoms with Crippen molar-refractivity contribution in [2.24, 2.45) is 5.73 Å². The molecule has 0 saturated heterocycles. The normalized spacial score (nSPS) is 10.5. The molecule has 0 aliphatic carbocycles. The molecule has 0 atom stereocenters. The summed E-state index contributed by atoms with van der Waals surface area (Å²) in [6.07, 6.45) is 0.805. The highest BCUT2D eigenvalue weighted by Gasteiger charge is 2.11. The van der Waals surface area contributed by atoms with Gasteiger partial charge in [-0.05, 0) is 31.5 Å². The van der Waals surface area contributed by atoms with Gasteiger partial charge in [0.25, 0.3) is 0 Å². The lowest BCUT2D eigenvalue weighted by Crippen LogP contribution is -2.02. The molecule has 3 nitrogen and oxygen atoms in total. The standard InChI is InChI=1S/C15H17ClN2O/c1-3-13-14(8-7-10(2)18-13)19-15-11(9-17)5-4-6-12(15)16/h4-8H,3,9,17H2,1-2H3. The maximum atomic E-state index is 6.18. The Hall–Kier alpha value is -1.58. The molecule has 0 amide bonds. The lowest BCUT2D eigenvalue weighted by Gasteiger charge is -2.14. The molecule has 0 fully saturated rings. The average Bonchev–Trinajstić information content (AvgIpc) is 2.42. The number of para-hydroxylation sites is 1. The Labute approximate surface area is 118 Å². The summed E-state index contributed by atoms with van der Waals surface area (Å²) in [5.41, 5.74) is 8.49. The quantitative estimate of drug-likeness (QED) is 0.922. The Morgan fingerprint density at radius 2 is 2.05 bits per heavy atom. The van der Waals surface area contributed by atoms with Crippen LogP contribution in [0.15, 0.2) is 30.3 Å². The van der Waals surface area contributed by atoms with Gasteiger partial charge in [0, 0.05) is 17.8 Å². The Balaban J connectivity index is 2.41. The second-order valence-corrected chi connectivity index (χ2v) is 4.69. The molecule has 100 valence electrons. The molecule has 0 bridgehead atoms. The summed E-state index contributed by atoms with van der Waals surface area (Å²) >= 11 is 6.18. The van der Waals surface area contributed by atoms with Crippen molar-refractivity contribution in [2.45, 2.75) is 26.8 Å². The molecule has 4 heteroatoms. The summed E-state index contributed by atoms with van der Waals surface area (Å²) in [6.45, 7) is 4.39. The van der Waals surface area contributed by atoms with Gasteiger partial charge in [-0.3, -0.25) is 4.98 Å². The molecule has 0 saturated carbocycles. The number of halogens is 1. The first-order valence-corrected chi connectivity index (χ1v) is 6.65. The van der Waals surface area contributed by atoms with Crippen LogP contribution in [-0.2, 0) is 13.0 Å². The molecule has 0 spiro atoms. The third kappa shape index (κ3) is 3.06. The van der Waals surface area contributed by atoms with Gasteiger partial charge >= 0.3 is 0 Å². The number of pyridine rings is 1. The number of aromatic nitrogens is 1. The van der Waals surface area contributed by atoms with Gasteiger partial charge in [0.15, 0.2) is 5.75 Å². The van der Waals surface area contributed by atoms with Crippen molar-refractivity contribution in [3.8, 4) is 11.5 Å². The number of hydrogen-bond donors (Lipinski definition) is 1. The highest BCUT2D eigenvalue weighted by atomic mass is 35.5. The molecule has 19 heavy (non-hydrogen) atoms. The van der Waals surface area contributed by atoms with Gasteiger partial charge in [0.1, 0.15) is 5.75 Å². The van der Waals surface area contributed by atoms with E-state index in [1.165, 1.54) is 0 Å². The van der Waals surface area contributed by atoms with Gasteiger partial charge in [-0.1, -0.05) is 30.7 Å². The van der Waals surface area contributed by atoms with Crippen molar-refractivity contribution in [1.82, 2.24) is 4.98 Å². The summed E-state index contributed by atoms with van der Waals surface area (Å²) in [6, 6.07) is 9.42. The Morgan fingerprint density at radius 1 is 1.26 bits per heavy atom.